The highest BCUT2D eigenvalue weighted by Gasteiger charge is 2.20. The molecule has 1 saturated heterocycles. The molecule has 2 rings (SSSR count). The summed E-state index contributed by atoms with van der Waals surface area (Å²) in [4.78, 5) is 4.28. The molecule has 1 aliphatic rings. The van der Waals surface area contributed by atoms with E-state index in [4.69, 9.17) is 9.26 Å². The zero-order valence-electron chi connectivity index (χ0n) is 10.4. The fourth-order valence-electron chi connectivity index (χ4n) is 1.88. The first-order chi connectivity index (χ1) is 8.15. The zero-order valence-corrected chi connectivity index (χ0v) is 10.4. The molecule has 1 aromatic rings. The maximum Gasteiger partial charge on any atom is 0.229 e. The lowest BCUT2D eigenvalue weighted by atomic mass is 10.0. The average Bonchev–Trinajstić information content (AvgIpc) is 2.91. The Balaban J connectivity index is 1.86. The molecule has 0 saturated carbocycles. The molecule has 1 N–H and O–H groups in total. The number of hydrogen-bond donors (Lipinski definition) is 1. The second-order valence-electron chi connectivity index (χ2n) is 4.96. The lowest BCUT2D eigenvalue weighted by Gasteiger charge is -2.10. The Morgan fingerprint density at radius 1 is 1.47 bits per heavy atom. The van der Waals surface area contributed by atoms with Crippen LogP contribution in [0, 0.1) is 5.92 Å². The summed E-state index contributed by atoms with van der Waals surface area (Å²) in [6.45, 7) is 4.77. The summed E-state index contributed by atoms with van der Waals surface area (Å²) in [7, 11) is 0. The van der Waals surface area contributed by atoms with Crippen molar-refractivity contribution < 1.29 is 14.4 Å². The van der Waals surface area contributed by atoms with Crippen molar-refractivity contribution in [3.05, 3.63) is 11.7 Å². The maximum atomic E-state index is 9.72. The molecule has 96 valence electrons. The minimum atomic E-state index is -0.425. The van der Waals surface area contributed by atoms with E-state index < -0.39 is 6.10 Å². The Kier molecular flexibility index (Phi) is 4.12. The molecule has 0 bridgehead atoms. The average molecular weight is 240 g/mol. The van der Waals surface area contributed by atoms with Gasteiger partial charge in [0.15, 0.2) is 5.82 Å². The summed E-state index contributed by atoms with van der Waals surface area (Å²) in [5.41, 5.74) is 0. The Morgan fingerprint density at radius 3 is 2.94 bits per heavy atom. The van der Waals surface area contributed by atoms with E-state index in [-0.39, 0.29) is 12.0 Å². The zero-order chi connectivity index (χ0) is 12.3. The van der Waals surface area contributed by atoms with Gasteiger partial charge in [0.25, 0.3) is 0 Å². The molecule has 0 aliphatic carbocycles. The molecule has 2 heterocycles. The minimum Gasteiger partial charge on any atom is -0.392 e. The van der Waals surface area contributed by atoms with Crippen molar-refractivity contribution in [3.8, 4) is 0 Å². The Bertz CT molecular complexity index is 327. The van der Waals surface area contributed by atoms with Gasteiger partial charge in [0.05, 0.1) is 18.6 Å². The first kappa shape index (κ1) is 12.5. The van der Waals surface area contributed by atoms with Crippen molar-refractivity contribution in [2.75, 3.05) is 6.61 Å². The van der Waals surface area contributed by atoms with E-state index in [9.17, 15) is 5.11 Å². The normalized spacial score (nSPS) is 22.2. The van der Waals surface area contributed by atoms with E-state index in [0.717, 1.165) is 19.4 Å². The third-order valence-corrected chi connectivity index (χ3v) is 3.10. The van der Waals surface area contributed by atoms with Crippen LogP contribution in [0.2, 0.25) is 0 Å². The molecule has 0 amide bonds. The monoisotopic (exact) mass is 240 g/mol. The molecule has 2 unspecified atom stereocenters. The van der Waals surface area contributed by atoms with Crippen LogP contribution in [-0.4, -0.2) is 34.1 Å². The van der Waals surface area contributed by atoms with Crippen LogP contribution in [0.1, 0.15) is 38.4 Å². The van der Waals surface area contributed by atoms with E-state index in [1.165, 1.54) is 0 Å². The highest BCUT2D eigenvalue weighted by molar-refractivity contribution is 4.91. The number of nitrogens with zero attached hydrogens (tertiary/aromatic N) is 2. The SMILES string of the molecule is CC(C)C(O)Cc1nc(CC2CCCO2)no1. The van der Waals surface area contributed by atoms with Crippen LogP contribution >= 0.6 is 0 Å². The molecular weight excluding hydrogens is 220 g/mol. The third-order valence-electron chi connectivity index (χ3n) is 3.10. The van der Waals surface area contributed by atoms with Crippen LogP contribution in [0.5, 0.6) is 0 Å². The summed E-state index contributed by atoms with van der Waals surface area (Å²) < 4.78 is 10.6. The summed E-state index contributed by atoms with van der Waals surface area (Å²) in [5, 5.41) is 13.6. The van der Waals surface area contributed by atoms with E-state index in [1.54, 1.807) is 0 Å². The Hall–Kier alpha value is -0.940. The van der Waals surface area contributed by atoms with Gasteiger partial charge in [-0.05, 0) is 18.8 Å². The number of aromatic nitrogens is 2. The smallest absolute Gasteiger partial charge is 0.229 e. The fourth-order valence-corrected chi connectivity index (χ4v) is 1.88. The van der Waals surface area contributed by atoms with E-state index in [2.05, 4.69) is 10.1 Å². The molecule has 1 fully saturated rings. The van der Waals surface area contributed by atoms with Crippen LogP contribution in [-0.2, 0) is 17.6 Å². The number of hydrogen-bond acceptors (Lipinski definition) is 5. The third kappa shape index (κ3) is 3.51. The molecule has 2 atom stereocenters. The molecule has 0 radical (unpaired) electrons. The summed E-state index contributed by atoms with van der Waals surface area (Å²) in [6, 6.07) is 0. The second-order valence-corrected chi connectivity index (χ2v) is 4.96. The van der Waals surface area contributed by atoms with Crippen LogP contribution in [0.4, 0.5) is 0 Å². The molecule has 0 aromatic carbocycles. The van der Waals surface area contributed by atoms with Gasteiger partial charge in [-0.25, -0.2) is 0 Å². The topological polar surface area (TPSA) is 68.4 Å². The van der Waals surface area contributed by atoms with Crippen molar-refractivity contribution in [1.29, 1.82) is 0 Å². The quantitative estimate of drug-likeness (QED) is 0.841. The maximum absolute atomic E-state index is 9.72. The van der Waals surface area contributed by atoms with Crippen LogP contribution in [0.25, 0.3) is 0 Å². The van der Waals surface area contributed by atoms with Crippen molar-refractivity contribution in [2.24, 2.45) is 5.92 Å². The van der Waals surface area contributed by atoms with Crippen molar-refractivity contribution in [3.63, 3.8) is 0 Å². The number of rotatable bonds is 5. The highest BCUT2D eigenvalue weighted by atomic mass is 16.5. The molecular formula is C12H20N2O3. The van der Waals surface area contributed by atoms with Gasteiger partial charge in [0.1, 0.15) is 0 Å². The van der Waals surface area contributed by atoms with Crippen LogP contribution in [0.3, 0.4) is 0 Å². The highest BCUT2D eigenvalue weighted by Crippen LogP contribution is 2.16. The number of ether oxygens (including phenoxy) is 1. The molecule has 5 heteroatoms. The minimum absolute atomic E-state index is 0.198. The standard InChI is InChI=1S/C12H20N2O3/c1-8(2)10(15)7-12-13-11(14-17-12)6-9-4-3-5-16-9/h8-10,15H,3-7H2,1-2H3. The van der Waals surface area contributed by atoms with Crippen molar-refractivity contribution >= 4 is 0 Å². The predicted octanol–water partition coefficient (Wildman–Crippen LogP) is 1.35. The summed E-state index contributed by atoms with van der Waals surface area (Å²) >= 11 is 0. The Morgan fingerprint density at radius 2 is 2.29 bits per heavy atom. The van der Waals surface area contributed by atoms with Gasteiger partial charge in [-0.15, -0.1) is 0 Å². The lowest BCUT2D eigenvalue weighted by molar-refractivity contribution is 0.109. The van der Waals surface area contributed by atoms with Gasteiger partial charge in [-0.2, -0.15) is 4.98 Å². The van der Waals surface area contributed by atoms with Gasteiger partial charge >= 0.3 is 0 Å². The van der Waals surface area contributed by atoms with E-state index in [0.29, 0.717) is 24.6 Å². The largest absolute Gasteiger partial charge is 0.392 e. The van der Waals surface area contributed by atoms with Crippen molar-refractivity contribution in [1.82, 2.24) is 10.1 Å². The summed E-state index contributed by atoms with van der Waals surface area (Å²) in [5.74, 6) is 1.39. The van der Waals surface area contributed by atoms with Crippen LogP contribution < -0.4 is 0 Å². The van der Waals surface area contributed by atoms with E-state index >= 15 is 0 Å². The molecule has 1 aromatic heterocycles. The van der Waals surface area contributed by atoms with Gasteiger partial charge in [0.2, 0.25) is 5.89 Å². The Labute approximate surface area is 101 Å². The first-order valence-corrected chi connectivity index (χ1v) is 6.26. The van der Waals surface area contributed by atoms with Crippen molar-refractivity contribution in [2.45, 2.75) is 51.7 Å². The van der Waals surface area contributed by atoms with E-state index in [1.807, 2.05) is 13.8 Å². The summed E-state index contributed by atoms with van der Waals surface area (Å²) in [6.07, 6.45) is 3.12. The molecule has 0 spiro atoms. The second kappa shape index (κ2) is 5.60. The first-order valence-electron chi connectivity index (χ1n) is 6.26. The van der Waals surface area contributed by atoms with Gasteiger partial charge < -0.3 is 14.4 Å². The van der Waals surface area contributed by atoms with Gasteiger partial charge in [-0.1, -0.05) is 19.0 Å². The number of aliphatic hydroxyl groups excluding tert-OH is 1. The fraction of sp³-hybridized carbons (Fsp3) is 0.833. The number of aliphatic hydroxyl groups is 1. The lowest BCUT2D eigenvalue weighted by Crippen LogP contribution is -2.17. The van der Waals surface area contributed by atoms with Gasteiger partial charge in [-0.3, -0.25) is 0 Å². The van der Waals surface area contributed by atoms with Crippen LogP contribution in [0.15, 0.2) is 4.52 Å². The molecule has 17 heavy (non-hydrogen) atoms. The van der Waals surface area contributed by atoms with Gasteiger partial charge in [0, 0.05) is 13.0 Å². The molecule has 1 aliphatic heterocycles. The predicted molar refractivity (Wildman–Crippen MR) is 61.5 cm³/mol. The molecule has 5 nitrogen and oxygen atoms in total.